The van der Waals surface area contributed by atoms with E-state index in [0.29, 0.717) is 0 Å². The molecular formula is C11H7F4N3S. The van der Waals surface area contributed by atoms with Crippen molar-refractivity contribution in [2.24, 2.45) is 5.10 Å². The number of nitrogens with zero attached hydrogens (tertiary/aromatic N) is 2. The molecule has 2 aromatic heterocycles. The molecular weight excluding hydrogens is 282 g/mol. The van der Waals surface area contributed by atoms with E-state index in [9.17, 15) is 17.6 Å². The van der Waals surface area contributed by atoms with E-state index in [2.05, 4.69) is 15.5 Å². The van der Waals surface area contributed by atoms with Crippen molar-refractivity contribution in [1.29, 1.82) is 0 Å². The Bertz CT molecular complexity index is 592. The van der Waals surface area contributed by atoms with Gasteiger partial charge in [-0.1, -0.05) is 0 Å². The largest absolute Gasteiger partial charge is 0.419 e. The molecule has 19 heavy (non-hydrogen) atoms. The Labute approximate surface area is 109 Å². The Morgan fingerprint density at radius 2 is 2.11 bits per heavy atom. The lowest BCUT2D eigenvalue weighted by molar-refractivity contribution is -0.136. The van der Waals surface area contributed by atoms with Crippen molar-refractivity contribution in [3.8, 4) is 0 Å². The Morgan fingerprint density at radius 3 is 2.79 bits per heavy atom. The highest BCUT2D eigenvalue weighted by Crippen LogP contribution is 2.37. The highest BCUT2D eigenvalue weighted by Gasteiger charge is 2.34. The summed E-state index contributed by atoms with van der Waals surface area (Å²) >= 11 is 0.910. The summed E-state index contributed by atoms with van der Waals surface area (Å²) in [5.41, 5.74) is 1.53. The van der Waals surface area contributed by atoms with Gasteiger partial charge in [0.05, 0.1) is 23.2 Å². The van der Waals surface area contributed by atoms with Crippen LogP contribution in [0.15, 0.2) is 34.2 Å². The molecule has 0 bridgehead atoms. The lowest BCUT2D eigenvalue weighted by atomic mass is 10.3. The van der Waals surface area contributed by atoms with Gasteiger partial charge < -0.3 is 0 Å². The third-order valence-electron chi connectivity index (χ3n) is 2.09. The molecule has 0 aliphatic heterocycles. The van der Waals surface area contributed by atoms with Gasteiger partial charge >= 0.3 is 6.18 Å². The van der Waals surface area contributed by atoms with Gasteiger partial charge in [0.2, 0.25) is 0 Å². The summed E-state index contributed by atoms with van der Waals surface area (Å²) < 4.78 is 50.4. The molecule has 2 aromatic rings. The first-order valence-corrected chi connectivity index (χ1v) is 5.95. The van der Waals surface area contributed by atoms with Crippen LogP contribution in [0.25, 0.3) is 0 Å². The average Bonchev–Trinajstić information content (AvgIpc) is 2.77. The zero-order valence-corrected chi connectivity index (χ0v) is 10.1. The van der Waals surface area contributed by atoms with Gasteiger partial charge in [0.15, 0.2) is 0 Å². The lowest BCUT2D eigenvalue weighted by Crippen LogP contribution is -2.06. The first-order chi connectivity index (χ1) is 8.97. The molecule has 2 heterocycles. The standard InChI is InChI=1S/C11H7F4N3S/c12-7-1-2-16-8(3-7)4-17-18-10-6-19-5-9(10)11(13,14)15/h1-6,18H. The third-order valence-corrected chi connectivity index (χ3v) is 2.84. The number of thiophene rings is 1. The van der Waals surface area contributed by atoms with Crippen LogP contribution in [0.3, 0.4) is 0 Å². The molecule has 2 rings (SSSR count). The van der Waals surface area contributed by atoms with Crippen molar-refractivity contribution in [3.63, 3.8) is 0 Å². The van der Waals surface area contributed by atoms with Crippen LogP contribution in [-0.2, 0) is 6.18 Å². The van der Waals surface area contributed by atoms with Gasteiger partial charge in [-0.25, -0.2) is 4.39 Å². The Balaban J connectivity index is 2.09. The SMILES string of the molecule is Fc1ccnc(C=NNc2cscc2C(F)(F)F)c1. The first-order valence-electron chi connectivity index (χ1n) is 5.01. The predicted molar refractivity (Wildman–Crippen MR) is 64.7 cm³/mol. The second kappa shape index (κ2) is 5.35. The molecule has 8 heteroatoms. The van der Waals surface area contributed by atoms with E-state index >= 15 is 0 Å². The molecule has 100 valence electrons. The summed E-state index contributed by atoms with van der Waals surface area (Å²) in [4.78, 5) is 3.78. The van der Waals surface area contributed by atoms with E-state index < -0.39 is 17.6 Å². The number of hydrogen-bond donors (Lipinski definition) is 1. The first kappa shape index (κ1) is 13.5. The number of pyridine rings is 1. The van der Waals surface area contributed by atoms with Gasteiger partial charge in [-0.2, -0.15) is 18.3 Å². The number of hydrazone groups is 1. The van der Waals surface area contributed by atoms with E-state index in [4.69, 9.17) is 0 Å². The van der Waals surface area contributed by atoms with Crippen LogP contribution in [0.5, 0.6) is 0 Å². The molecule has 0 fully saturated rings. The van der Waals surface area contributed by atoms with E-state index in [0.717, 1.165) is 35.1 Å². The maximum atomic E-state index is 12.8. The van der Waals surface area contributed by atoms with Crippen molar-refractivity contribution in [3.05, 3.63) is 46.2 Å². The summed E-state index contributed by atoms with van der Waals surface area (Å²) in [6.07, 6.45) is -2.06. The predicted octanol–water partition coefficient (Wildman–Crippen LogP) is 3.75. The Morgan fingerprint density at radius 1 is 1.32 bits per heavy atom. The highest BCUT2D eigenvalue weighted by atomic mass is 32.1. The molecule has 0 unspecified atom stereocenters. The van der Waals surface area contributed by atoms with Gasteiger partial charge in [-0.3, -0.25) is 10.4 Å². The smallest absolute Gasteiger partial charge is 0.277 e. The lowest BCUT2D eigenvalue weighted by Gasteiger charge is -2.06. The fraction of sp³-hybridized carbons (Fsp3) is 0.0909. The average molecular weight is 289 g/mol. The minimum absolute atomic E-state index is 0.148. The number of hydrogen-bond acceptors (Lipinski definition) is 4. The number of alkyl halides is 3. The van der Waals surface area contributed by atoms with Crippen LogP contribution < -0.4 is 5.43 Å². The van der Waals surface area contributed by atoms with Gasteiger partial charge in [-0.05, 0) is 6.07 Å². The van der Waals surface area contributed by atoms with Crippen molar-refractivity contribution in [2.45, 2.75) is 6.18 Å². The van der Waals surface area contributed by atoms with Crippen LogP contribution >= 0.6 is 11.3 Å². The van der Waals surface area contributed by atoms with Crippen LogP contribution in [-0.4, -0.2) is 11.2 Å². The quantitative estimate of drug-likeness (QED) is 0.531. The van der Waals surface area contributed by atoms with E-state index in [1.807, 2.05) is 0 Å². The number of nitrogens with one attached hydrogen (secondary N) is 1. The summed E-state index contributed by atoms with van der Waals surface area (Å²) in [5.74, 6) is -0.497. The summed E-state index contributed by atoms with van der Waals surface area (Å²) in [6.45, 7) is 0. The summed E-state index contributed by atoms with van der Waals surface area (Å²) in [6, 6.07) is 2.27. The van der Waals surface area contributed by atoms with Gasteiger partial charge in [0.25, 0.3) is 0 Å². The minimum Gasteiger partial charge on any atom is -0.277 e. The zero-order chi connectivity index (χ0) is 13.9. The molecule has 0 saturated heterocycles. The molecule has 0 atom stereocenters. The van der Waals surface area contributed by atoms with Crippen LogP contribution in [0.4, 0.5) is 23.2 Å². The van der Waals surface area contributed by atoms with Crippen molar-refractivity contribution in [1.82, 2.24) is 4.98 Å². The third kappa shape index (κ3) is 3.50. The highest BCUT2D eigenvalue weighted by molar-refractivity contribution is 7.08. The zero-order valence-electron chi connectivity index (χ0n) is 9.28. The second-order valence-electron chi connectivity index (χ2n) is 3.47. The summed E-state index contributed by atoms with van der Waals surface area (Å²) in [5, 5.41) is 5.88. The van der Waals surface area contributed by atoms with Gasteiger partial charge in [-0.15, -0.1) is 11.3 Å². The molecule has 3 nitrogen and oxygen atoms in total. The molecule has 0 radical (unpaired) electrons. The fourth-order valence-electron chi connectivity index (χ4n) is 1.26. The normalized spacial score (nSPS) is 12.0. The molecule has 0 aliphatic rings. The number of aromatic nitrogens is 1. The van der Waals surface area contributed by atoms with Crippen LogP contribution in [0.1, 0.15) is 11.3 Å². The maximum absolute atomic E-state index is 12.8. The van der Waals surface area contributed by atoms with Crippen LogP contribution in [0.2, 0.25) is 0 Å². The topological polar surface area (TPSA) is 37.3 Å². The fourth-order valence-corrected chi connectivity index (χ4v) is 2.04. The molecule has 0 saturated carbocycles. The van der Waals surface area contributed by atoms with E-state index in [1.165, 1.54) is 11.6 Å². The van der Waals surface area contributed by atoms with Crippen LogP contribution in [0, 0.1) is 5.82 Å². The molecule has 0 aliphatic carbocycles. The number of halogens is 4. The molecule has 0 spiro atoms. The number of rotatable bonds is 3. The second-order valence-corrected chi connectivity index (χ2v) is 4.21. The van der Waals surface area contributed by atoms with Crippen molar-refractivity contribution >= 4 is 23.2 Å². The van der Waals surface area contributed by atoms with Crippen molar-refractivity contribution < 1.29 is 17.6 Å². The van der Waals surface area contributed by atoms with Gasteiger partial charge in [0, 0.05) is 23.0 Å². The van der Waals surface area contributed by atoms with Gasteiger partial charge in [0.1, 0.15) is 5.82 Å². The minimum atomic E-state index is -4.44. The Kier molecular flexibility index (Phi) is 3.79. The molecule has 1 N–H and O–H groups in total. The Hall–Kier alpha value is -1.96. The monoisotopic (exact) mass is 289 g/mol. The van der Waals surface area contributed by atoms with E-state index in [-0.39, 0.29) is 11.4 Å². The number of anilines is 1. The summed E-state index contributed by atoms with van der Waals surface area (Å²) in [7, 11) is 0. The molecule has 0 aromatic carbocycles. The molecule has 0 amide bonds. The maximum Gasteiger partial charge on any atom is 0.419 e. The van der Waals surface area contributed by atoms with E-state index in [1.54, 1.807) is 0 Å². The van der Waals surface area contributed by atoms with Crippen molar-refractivity contribution in [2.75, 3.05) is 5.43 Å².